The first-order valence-corrected chi connectivity index (χ1v) is 10.1. The molecular formula is C25H20F2N2O5. The van der Waals surface area contributed by atoms with Crippen LogP contribution in [0.25, 0.3) is 5.57 Å². The third-order valence-electron chi connectivity index (χ3n) is 5.26. The van der Waals surface area contributed by atoms with E-state index in [9.17, 15) is 18.4 Å². The zero-order chi connectivity index (χ0) is 24.4. The van der Waals surface area contributed by atoms with Gasteiger partial charge in [0.1, 0.15) is 23.1 Å². The third-order valence-corrected chi connectivity index (χ3v) is 5.26. The Bertz CT molecular complexity index is 1310. The number of benzene rings is 3. The van der Waals surface area contributed by atoms with Crippen LogP contribution in [0.5, 0.6) is 17.2 Å². The molecule has 0 fully saturated rings. The molecule has 0 spiro atoms. The monoisotopic (exact) mass is 466 g/mol. The second kappa shape index (κ2) is 9.22. The average molecular weight is 466 g/mol. The van der Waals surface area contributed by atoms with Gasteiger partial charge in [0.2, 0.25) is 0 Å². The number of carbonyl (C=O) groups is 2. The number of halogens is 2. The fourth-order valence-electron chi connectivity index (χ4n) is 3.61. The molecule has 0 radical (unpaired) electrons. The summed E-state index contributed by atoms with van der Waals surface area (Å²) in [5.41, 5.74) is 0.213. The second-order valence-electron chi connectivity index (χ2n) is 7.21. The van der Waals surface area contributed by atoms with Crippen LogP contribution in [-0.2, 0) is 9.59 Å². The van der Waals surface area contributed by atoms with E-state index in [1.54, 1.807) is 42.5 Å². The van der Waals surface area contributed by atoms with E-state index in [0.29, 0.717) is 33.4 Å². The van der Waals surface area contributed by atoms with Gasteiger partial charge in [-0.25, -0.2) is 13.7 Å². The summed E-state index contributed by atoms with van der Waals surface area (Å²) in [4.78, 5) is 27.4. The predicted molar refractivity (Wildman–Crippen MR) is 122 cm³/mol. The van der Waals surface area contributed by atoms with Crippen molar-refractivity contribution in [3.05, 3.63) is 83.6 Å². The maximum Gasteiger partial charge on any atom is 0.282 e. The van der Waals surface area contributed by atoms with E-state index in [0.717, 1.165) is 18.2 Å². The molecule has 9 heteroatoms. The second-order valence-corrected chi connectivity index (χ2v) is 7.21. The van der Waals surface area contributed by atoms with Gasteiger partial charge < -0.3 is 19.5 Å². The van der Waals surface area contributed by atoms with Crippen LogP contribution in [0.1, 0.15) is 5.56 Å². The van der Waals surface area contributed by atoms with E-state index in [2.05, 4.69) is 5.32 Å². The van der Waals surface area contributed by atoms with Gasteiger partial charge in [0, 0.05) is 17.8 Å². The first kappa shape index (κ1) is 22.8. The summed E-state index contributed by atoms with van der Waals surface area (Å²) in [6.45, 7) is 0. The minimum Gasteiger partial charge on any atom is -0.497 e. The minimum absolute atomic E-state index is 0.00824. The molecule has 1 heterocycles. The highest BCUT2D eigenvalue weighted by atomic mass is 19.1. The van der Waals surface area contributed by atoms with Crippen LogP contribution in [0.15, 0.2) is 66.4 Å². The number of hydrogen-bond acceptors (Lipinski definition) is 6. The number of ether oxygens (including phenoxy) is 3. The van der Waals surface area contributed by atoms with Crippen molar-refractivity contribution in [2.45, 2.75) is 0 Å². The molecule has 3 aromatic rings. The number of carbonyl (C=O) groups excluding carboxylic acids is 2. The van der Waals surface area contributed by atoms with Crippen molar-refractivity contribution in [3.8, 4) is 17.2 Å². The lowest BCUT2D eigenvalue weighted by Crippen LogP contribution is -2.33. The Kier molecular flexibility index (Phi) is 6.18. The van der Waals surface area contributed by atoms with Crippen molar-refractivity contribution in [3.63, 3.8) is 0 Å². The smallest absolute Gasteiger partial charge is 0.282 e. The standard InChI is InChI=1S/C25H20F2N2O5/c1-32-17-8-4-14(5-9-17)22-23(28-16-7-11-20(33-2)21(13-16)34-3)25(31)29(24(22)30)19-12-15(26)6-10-18(19)27/h4-13,28H,1-3H3. The molecule has 174 valence electrons. The molecule has 4 rings (SSSR count). The summed E-state index contributed by atoms with van der Waals surface area (Å²) in [5, 5.41) is 2.94. The molecule has 0 unspecified atom stereocenters. The molecule has 34 heavy (non-hydrogen) atoms. The van der Waals surface area contributed by atoms with Gasteiger partial charge >= 0.3 is 0 Å². The highest BCUT2D eigenvalue weighted by Gasteiger charge is 2.41. The zero-order valence-corrected chi connectivity index (χ0v) is 18.5. The largest absolute Gasteiger partial charge is 0.497 e. The Morgan fingerprint density at radius 1 is 0.765 bits per heavy atom. The lowest BCUT2D eigenvalue weighted by molar-refractivity contribution is -0.120. The number of imide groups is 1. The maximum absolute atomic E-state index is 14.5. The number of hydrogen-bond donors (Lipinski definition) is 1. The van der Waals surface area contributed by atoms with Crippen LogP contribution in [0.2, 0.25) is 0 Å². The molecule has 2 amide bonds. The predicted octanol–water partition coefficient (Wildman–Crippen LogP) is 4.39. The first-order valence-electron chi connectivity index (χ1n) is 10.1. The van der Waals surface area contributed by atoms with Crippen molar-refractivity contribution >= 4 is 28.8 Å². The van der Waals surface area contributed by atoms with Crippen LogP contribution in [0, 0.1) is 11.6 Å². The zero-order valence-electron chi connectivity index (χ0n) is 18.5. The normalized spacial score (nSPS) is 13.4. The highest BCUT2D eigenvalue weighted by Crippen LogP contribution is 2.37. The van der Waals surface area contributed by atoms with Gasteiger partial charge in [-0.15, -0.1) is 0 Å². The average Bonchev–Trinajstić information content (AvgIpc) is 3.09. The Morgan fingerprint density at radius 2 is 1.47 bits per heavy atom. The Hall–Kier alpha value is -4.40. The molecule has 1 N–H and O–H groups in total. The van der Waals surface area contributed by atoms with Gasteiger partial charge in [-0.2, -0.15) is 0 Å². The Labute approximate surface area is 194 Å². The summed E-state index contributed by atoms with van der Waals surface area (Å²) < 4.78 is 44.1. The fraction of sp³-hybridized carbons (Fsp3) is 0.120. The van der Waals surface area contributed by atoms with Crippen LogP contribution in [-0.4, -0.2) is 33.1 Å². The van der Waals surface area contributed by atoms with Crippen molar-refractivity contribution in [1.29, 1.82) is 0 Å². The van der Waals surface area contributed by atoms with Gasteiger partial charge in [-0.05, 0) is 42.0 Å². The number of anilines is 2. The molecule has 3 aromatic carbocycles. The van der Waals surface area contributed by atoms with E-state index in [4.69, 9.17) is 14.2 Å². The highest BCUT2D eigenvalue weighted by molar-refractivity contribution is 6.46. The number of rotatable bonds is 7. The minimum atomic E-state index is -0.912. The quantitative estimate of drug-likeness (QED) is 0.521. The van der Waals surface area contributed by atoms with Gasteiger partial charge in [-0.3, -0.25) is 9.59 Å². The van der Waals surface area contributed by atoms with Gasteiger partial charge in [0.25, 0.3) is 11.8 Å². The Balaban J connectivity index is 1.83. The molecule has 1 aliphatic heterocycles. The molecule has 0 aromatic heterocycles. The molecule has 0 bridgehead atoms. The van der Waals surface area contributed by atoms with Gasteiger partial charge in [-0.1, -0.05) is 12.1 Å². The first-order chi connectivity index (χ1) is 16.4. The number of amides is 2. The van der Waals surface area contributed by atoms with Crippen LogP contribution < -0.4 is 24.4 Å². The van der Waals surface area contributed by atoms with Gasteiger partial charge in [0.05, 0.1) is 32.6 Å². The van der Waals surface area contributed by atoms with E-state index in [1.165, 1.54) is 21.3 Å². The summed E-state index contributed by atoms with van der Waals surface area (Å²) >= 11 is 0. The molecule has 0 atom stereocenters. The molecule has 0 aliphatic carbocycles. The van der Waals surface area contributed by atoms with Crippen LogP contribution in [0.4, 0.5) is 20.2 Å². The van der Waals surface area contributed by atoms with E-state index >= 15 is 0 Å². The summed E-state index contributed by atoms with van der Waals surface area (Å²) in [7, 11) is 4.44. The fourth-order valence-corrected chi connectivity index (χ4v) is 3.61. The topological polar surface area (TPSA) is 77.1 Å². The molecule has 0 saturated carbocycles. The lowest BCUT2D eigenvalue weighted by Gasteiger charge is -2.16. The lowest BCUT2D eigenvalue weighted by atomic mass is 10.0. The van der Waals surface area contributed by atoms with E-state index in [-0.39, 0.29) is 11.3 Å². The number of nitrogens with one attached hydrogen (secondary N) is 1. The molecule has 7 nitrogen and oxygen atoms in total. The molecule has 0 saturated heterocycles. The van der Waals surface area contributed by atoms with E-state index in [1.807, 2.05) is 0 Å². The van der Waals surface area contributed by atoms with E-state index < -0.39 is 29.1 Å². The van der Waals surface area contributed by atoms with Crippen molar-refractivity contribution in [1.82, 2.24) is 0 Å². The Morgan fingerprint density at radius 3 is 2.12 bits per heavy atom. The molecule has 1 aliphatic rings. The maximum atomic E-state index is 14.5. The summed E-state index contributed by atoms with van der Waals surface area (Å²) in [6.07, 6.45) is 0. The molecular weight excluding hydrogens is 446 g/mol. The van der Waals surface area contributed by atoms with Crippen molar-refractivity contribution in [2.24, 2.45) is 0 Å². The van der Waals surface area contributed by atoms with Crippen LogP contribution >= 0.6 is 0 Å². The number of methoxy groups -OCH3 is 3. The van der Waals surface area contributed by atoms with Crippen LogP contribution in [0.3, 0.4) is 0 Å². The summed E-state index contributed by atoms with van der Waals surface area (Å²) in [5.74, 6) is -1.94. The number of nitrogens with zero attached hydrogens (tertiary/aromatic N) is 1. The third kappa shape index (κ3) is 4.03. The van der Waals surface area contributed by atoms with Crippen molar-refractivity contribution in [2.75, 3.05) is 31.5 Å². The van der Waals surface area contributed by atoms with Crippen molar-refractivity contribution < 1.29 is 32.6 Å². The SMILES string of the molecule is COc1ccc(C2=C(Nc3ccc(OC)c(OC)c3)C(=O)N(c3cc(F)ccc3F)C2=O)cc1. The van der Waals surface area contributed by atoms with Gasteiger partial charge in [0.15, 0.2) is 11.5 Å². The summed E-state index contributed by atoms with van der Waals surface area (Å²) in [6, 6.07) is 13.9.